The predicted octanol–water partition coefficient (Wildman–Crippen LogP) is 3.72. The van der Waals surface area contributed by atoms with E-state index in [2.05, 4.69) is 22.0 Å². The van der Waals surface area contributed by atoms with Crippen LogP contribution in [-0.4, -0.2) is 13.4 Å². The van der Waals surface area contributed by atoms with Gasteiger partial charge in [-0.15, -0.1) is 0 Å². The van der Waals surface area contributed by atoms with E-state index in [4.69, 9.17) is 14.7 Å². The van der Waals surface area contributed by atoms with E-state index < -0.39 is 0 Å². The smallest absolute Gasteiger partial charge is 0.150 e. The van der Waals surface area contributed by atoms with Crippen LogP contribution in [0.4, 0.5) is 0 Å². The first-order valence-electron chi connectivity index (χ1n) is 6.12. The highest BCUT2D eigenvalue weighted by Gasteiger charge is 2.08. The molecule has 0 unspecified atom stereocenters. The van der Waals surface area contributed by atoms with Crippen LogP contribution < -0.4 is 9.47 Å². The van der Waals surface area contributed by atoms with Crippen molar-refractivity contribution >= 4 is 22.2 Å². The first-order chi connectivity index (χ1) is 10.2. The van der Waals surface area contributed by atoms with Crippen LogP contribution in [0, 0.1) is 11.3 Å². The minimum absolute atomic E-state index is 0.262. The summed E-state index contributed by atoms with van der Waals surface area (Å²) in [7, 11) is 1.57. The molecular weight excluding hydrogens is 334 g/mol. The summed E-state index contributed by atoms with van der Waals surface area (Å²) in [6, 6.07) is 12.3. The van der Waals surface area contributed by atoms with Crippen LogP contribution in [0.3, 0.4) is 0 Å². The Morgan fingerprint density at radius 1 is 1.24 bits per heavy atom. The fraction of sp³-hybridized carbons (Fsp3) is 0.125. The molecule has 4 nitrogen and oxygen atoms in total. The normalized spacial score (nSPS) is 9.76. The van der Waals surface area contributed by atoms with E-state index in [-0.39, 0.29) is 6.61 Å². The predicted molar refractivity (Wildman–Crippen MR) is 81.6 cm³/mol. The quantitative estimate of drug-likeness (QED) is 0.775. The van der Waals surface area contributed by atoms with Gasteiger partial charge in [-0.3, -0.25) is 4.79 Å². The van der Waals surface area contributed by atoms with E-state index in [1.54, 1.807) is 43.5 Å². The maximum Gasteiger partial charge on any atom is 0.150 e. The molecule has 0 heterocycles. The van der Waals surface area contributed by atoms with Crippen LogP contribution in [-0.2, 0) is 6.61 Å². The van der Waals surface area contributed by atoms with Crippen molar-refractivity contribution in [2.75, 3.05) is 7.11 Å². The zero-order valence-electron chi connectivity index (χ0n) is 11.3. The third-order valence-corrected chi connectivity index (χ3v) is 3.50. The average molecular weight is 346 g/mol. The number of methoxy groups -OCH3 is 1. The van der Waals surface area contributed by atoms with Gasteiger partial charge in [-0.2, -0.15) is 5.26 Å². The molecule has 0 aliphatic heterocycles. The fourth-order valence-corrected chi connectivity index (χ4v) is 2.33. The lowest BCUT2D eigenvalue weighted by Crippen LogP contribution is -2.00. The maximum atomic E-state index is 10.7. The molecule has 0 atom stereocenters. The summed E-state index contributed by atoms with van der Waals surface area (Å²) in [5, 5.41) is 8.94. The van der Waals surface area contributed by atoms with Crippen molar-refractivity contribution in [1.82, 2.24) is 0 Å². The zero-order chi connectivity index (χ0) is 15.2. The number of carbonyl (C=O) groups is 1. The molecule has 0 saturated heterocycles. The van der Waals surface area contributed by atoms with Crippen LogP contribution in [0.1, 0.15) is 21.5 Å². The van der Waals surface area contributed by atoms with Gasteiger partial charge in [0, 0.05) is 11.1 Å². The van der Waals surface area contributed by atoms with Crippen LogP contribution in [0.2, 0.25) is 0 Å². The average Bonchev–Trinajstić information content (AvgIpc) is 2.53. The van der Waals surface area contributed by atoms with Crippen molar-refractivity contribution in [2.24, 2.45) is 0 Å². The van der Waals surface area contributed by atoms with E-state index >= 15 is 0 Å². The van der Waals surface area contributed by atoms with Gasteiger partial charge in [0.25, 0.3) is 0 Å². The van der Waals surface area contributed by atoms with Crippen LogP contribution in [0.15, 0.2) is 40.9 Å². The van der Waals surface area contributed by atoms with Gasteiger partial charge in [-0.25, -0.2) is 0 Å². The largest absolute Gasteiger partial charge is 0.496 e. The number of hydrogen-bond acceptors (Lipinski definition) is 4. The van der Waals surface area contributed by atoms with Gasteiger partial charge < -0.3 is 9.47 Å². The topological polar surface area (TPSA) is 59.3 Å². The fourth-order valence-electron chi connectivity index (χ4n) is 1.82. The SMILES string of the molecule is COc1ccc(C#N)cc1COc1ccc(C=O)cc1Br. The Morgan fingerprint density at radius 3 is 2.62 bits per heavy atom. The number of nitriles is 1. The Bertz CT molecular complexity index is 707. The van der Waals surface area contributed by atoms with Crippen LogP contribution in [0.5, 0.6) is 11.5 Å². The van der Waals surface area contributed by atoms with E-state index in [0.29, 0.717) is 27.1 Å². The summed E-state index contributed by atoms with van der Waals surface area (Å²) < 4.78 is 11.7. The van der Waals surface area contributed by atoms with Crippen LogP contribution >= 0.6 is 15.9 Å². The Labute approximate surface area is 131 Å². The lowest BCUT2D eigenvalue weighted by molar-refractivity contribution is 0.112. The summed E-state index contributed by atoms with van der Waals surface area (Å²) in [6.45, 7) is 0.262. The monoisotopic (exact) mass is 345 g/mol. The number of nitrogens with zero attached hydrogens (tertiary/aromatic N) is 1. The molecule has 0 N–H and O–H groups in total. The van der Waals surface area contributed by atoms with E-state index in [0.717, 1.165) is 11.8 Å². The second kappa shape index (κ2) is 6.91. The molecule has 2 aromatic carbocycles. The van der Waals surface area contributed by atoms with Gasteiger partial charge in [0.2, 0.25) is 0 Å². The number of benzene rings is 2. The zero-order valence-corrected chi connectivity index (χ0v) is 12.9. The molecule has 106 valence electrons. The molecule has 0 radical (unpaired) electrons. The summed E-state index contributed by atoms with van der Waals surface area (Å²) in [5.41, 5.74) is 1.89. The van der Waals surface area contributed by atoms with Gasteiger partial charge >= 0.3 is 0 Å². The lowest BCUT2D eigenvalue weighted by atomic mass is 10.1. The molecule has 21 heavy (non-hydrogen) atoms. The standard InChI is InChI=1S/C16H12BrNO3/c1-20-15-4-2-11(8-18)6-13(15)10-21-16-5-3-12(9-19)7-14(16)17/h2-7,9H,10H2,1H3. The second-order valence-electron chi connectivity index (χ2n) is 4.23. The molecule has 5 heteroatoms. The summed E-state index contributed by atoms with van der Waals surface area (Å²) in [4.78, 5) is 10.7. The van der Waals surface area contributed by atoms with Crippen molar-refractivity contribution in [3.8, 4) is 17.6 Å². The first kappa shape index (κ1) is 15.1. The Balaban J connectivity index is 2.20. The molecule has 2 rings (SSSR count). The van der Waals surface area contributed by atoms with E-state index in [1.165, 1.54) is 0 Å². The molecule has 0 bridgehead atoms. The van der Waals surface area contributed by atoms with Crippen molar-refractivity contribution in [1.29, 1.82) is 5.26 Å². The minimum atomic E-state index is 0.262. The molecule has 0 fully saturated rings. The number of ether oxygens (including phenoxy) is 2. The highest BCUT2D eigenvalue weighted by atomic mass is 79.9. The number of aldehydes is 1. The van der Waals surface area contributed by atoms with Gasteiger partial charge in [0.15, 0.2) is 0 Å². The van der Waals surface area contributed by atoms with Gasteiger partial charge in [-0.1, -0.05) is 0 Å². The van der Waals surface area contributed by atoms with Crippen molar-refractivity contribution < 1.29 is 14.3 Å². The van der Waals surface area contributed by atoms with Crippen molar-refractivity contribution in [3.63, 3.8) is 0 Å². The summed E-state index contributed by atoms with van der Waals surface area (Å²) in [5.74, 6) is 1.28. The van der Waals surface area contributed by atoms with Crippen LogP contribution in [0.25, 0.3) is 0 Å². The molecule has 2 aromatic rings. The summed E-state index contributed by atoms with van der Waals surface area (Å²) >= 11 is 3.36. The molecule has 0 amide bonds. The van der Waals surface area contributed by atoms with E-state index in [9.17, 15) is 4.79 Å². The Morgan fingerprint density at radius 2 is 2.00 bits per heavy atom. The lowest BCUT2D eigenvalue weighted by Gasteiger charge is -2.12. The molecule has 0 aliphatic rings. The highest BCUT2D eigenvalue weighted by Crippen LogP contribution is 2.28. The number of hydrogen-bond donors (Lipinski definition) is 0. The first-order valence-corrected chi connectivity index (χ1v) is 6.91. The molecule has 0 aromatic heterocycles. The van der Waals surface area contributed by atoms with Gasteiger partial charge in [0.05, 0.1) is 23.2 Å². The number of halogens is 1. The second-order valence-corrected chi connectivity index (χ2v) is 5.09. The van der Waals surface area contributed by atoms with Crippen molar-refractivity contribution in [2.45, 2.75) is 6.61 Å². The minimum Gasteiger partial charge on any atom is -0.496 e. The summed E-state index contributed by atoms with van der Waals surface area (Å²) in [6.07, 6.45) is 0.772. The van der Waals surface area contributed by atoms with Gasteiger partial charge in [-0.05, 0) is 52.3 Å². The molecule has 0 spiro atoms. The number of carbonyl (C=O) groups excluding carboxylic acids is 1. The molecular formula is C16H12BrNO3. The third kappa shape index (κ3) is 3.61. The Kier molecular flexibility index (Phi) is 4.96. The Hall–Kier alpha value is -2.32. The molecule has 0 aliphatic carbocycles. The molecule has 0 saturated carbocycles. The van der Waals surface area contributed by atoms with Gasteiger partial charge in [0.1, 0.15) is 24.4 Å². The highest BCUT2D eigenvalue weighted by molar-refractivity contribution is 9.10. The number of rotatable bonds is 5. The third-order valence-electron chi connectivity index (χ3n) is 2.88. The van der Waals surface area contributed by atoms with Crippen molar-refractivity contribution in [3.05, 3.63) is 57.6 Å². The van der Waals surface area contributed by atoms with E-state index in [1.807, 2.05) is 0 Å². The maximum absolute atomic E-state index is 10.7.